The van der Waals surface area contributed by atoms with Crippen LogP contribution in [0.2, 0.25) is 0 Å². The van der Waals surface area contributed by atoms with Gasteiger partial charge in [-0.1, -0.05) is 12.8 Å². The molecule has 0 aromatic heterocycles. The van der Waals surface area contributed by atoms with Crippen molar-refractivity contribution in [2.45, 2.75) is 70.4 Å². The molecule has 4 nitrogen and oxygen atoms in total. The maximum Gasteiger partial charge on any atom is 0.320 e. The van der Waals surface area contributed by atoms with Crippen molar-refractivity contribution in [3.05, 3.63) is 0 Å². The van der Waals surface area contributed by atoms with Crippen LogP contribution >= 0.6 is 0 Å². The number of rotatable bonds is 2. The van der Waals surface area contributed by atoms with Gasteiger partial charge in [-0.05, 0) is 45.4 Å². The van der Waals surface area contributed by atoms with Gasteiger partial charge >= 0.3 is 6.03 Å². The second-order valence-corrected chi connectivity index (χ2v) is 6.11. The van der Waals surface area contributed by atoms with Crippen LogP contribution in [-0.2, 0) is 0 Å². The minimum Gasteiger partial charge on any atom is -0.393 e. The molecule has 4 heteroatoms. The summed E-state index contributed by atoms with van der Waals surface area (Å²) in [5.74, 6) is 0. The summed E-state index contributed by atoms with van der Waals surface area (Å²) in [6.07, 6.45) is 8.52. The highest BCUT2D eigenvalue weighted by Gasteiger charge is 2.30. The first kappa shape index (κ1) is 14.6. The zero-order valence-corrected chi connectivity index (χ0v) is 12.2. The van der Waals surface area contributed by atoms with Gasteiger partial charge in [0.25, 0.3) is 0 Å². The van der Waals surface area contributed by atoms with E-state index in [4.69, 9.17) is 0 Å². The summed E-state index contributed by atoms with van der Waals surface area (Å²) < 4.78 is 0. The number of urea groups is 1. The van der Waals surface area contributed by atoms with Gasteiger partial charge < -0.3 is 14.9 Å². The number of aliphatic hydroxyl groups excluding tert-OH is 1. The Hall–Kier alpha value is -0.770. The summed E-state index contributed by atoms with van der Waals surface area (Å²) >= 11 is 0. The minimum absolute atomic E-state index is 0.215. The smallest absolute Gasteiger partial charge is 0.320 e. The van der Waals surface area contributed by atoms with Crippen molar-refractivity contribution >= 4 is 6.03 Å². The molecule has 2 rings (SSSR count). The lowest BCUT2D eigenvalue weighted by atomic mass is 9.97. The molecule has 0 bridgehead atoms. The molecule has 0 aliphatic carbocycles. The molecule has 2 atom stereocenters. The second-order valence-electron chi connectivity index (χ2n) is 6.11. The van der Waals surface area contributed by atoms with Gasteiger partial charge in [-0.2, -0.15) is 0 Å². The van der Waals surface area contributed by atoms with E-state index in [1.54, 1.807) is 0 Å². The average Bonchev–Trinajstić information content (AvgIpc) is 2.67. The lowest BCUT2D eigenvalue weighted by molar-refractivity contribution is 0.0843. The monoisotopic (exact) mass is 268 g/mol. The van der Waals surface area contributed by atoms with Gasteiger partial charge in [-0.15, -0.1) is 0 Å². The molecule has 2 heterocycles. The number of hydrogen-bond donors (Lipinski definition) is 1. The van der Waals surface area contributed by atoms with Crippen molar-refractivity contribution in [1.82, 2.24) is 9.80 Å². The molecule has 2 aliphatic heterocycles. The van der Waals surface area contributed by atoms with Crippen molar-refractivity contribution in [2.24, 2.45) is 0 Å². The largest absolute Gasteiger partial charge is 0.393 e. The third-order valence-electron chi connectivity index (χ3n) is 4.36. The fourth-order valence-electron chi connectivity index (χ4n) is 3.33. The van der Waals surface area contributed by atoms with Crippen LogP contribution in [0.3, 0.4) is 0 Å². The molecular weight excluding hydrogens is 240 g/mol. The third kappa shape index (κ3) is 4.10. The summed E-state index contributed by atoms with van der Waals surface area (Å²) in [4.78, 5) is 16.7. The summed E-state index contributed by atoms with van der Waals surface area (Å²) in [6.45, 7) is 4.52. The van der Waals surface area contributed by atoms with Crippen LogP contribution in [-0.4, -0.2) is 52.7 Å². The fourth-order valence-corrected chi connectivity index (χ4v) is 3.33. The SMILES string of the molecule is CC(O)CC1CCCCN1C(=O)N1CCCCCC1. The highest BCUT2D eigenvalue weighted by atomic mass is 16.3. The number of carbonyl (C=O) groups excluding carboxylic acids is 1. The van der Waals surface area contributed by atoms with Gasteiger partial charge in [-0.25, -0.2) is 4.79 Å². The first-order valence-electron chi connectivity index (χ1n) is 7.92. The van der Waals surface area contributed by atoms with Crippen molar-refractivity contribution < 1.29 is 9.90 Å². The predicted molar refractivity (Wildman–Crippen MR) is 76.1 cm³/mol. The minimum atomic E-state index is -0.317. The number of amides is 2. The van der Waals surface area contributed by atoms with E-state index < -0.39 is 0 Å². The van der Waals surface area contributed by atoms with Gasteiger partial charge in [0.2, 0.25) is 0 Å². The second kappa shape index (κ2) is 7.13. The summed E-state index contributed by atoms with van der Waals surface area (Å²) in [6, 6.07) is 0.455. The number of piperidine rings is 1. The molecule has 0 saturated carbocycles. The van der Waals surface area contributed by atoms with Crippen LogP contribution in [0.1, 0.15) is 58.3 Å². The quantitative estimate of drug-likeness (QED) is 0.836. The van der Waals surface area contributed by atoms with Gasteiger partial charge in [0.1, 0.15) is 0 Å². The zero-order chi connectivity index (χ0) is 13.7. The summed E-state index contributed by atoms with van der Waals surface area (Å²) in [7, 11) is 0. The molecule has 19 heavy (non-hydrogen) atoms. The zero-order valence-electron chi connectivity index (χ0n) is 12.2. The fraction of sp³-hybridized carbons (Fsp3) is 0.933. The Labute approximate surface area is 116 Å². The van der Waals surface area contributed by atoms with Gasteiger partial charge in [-0.3, -0.25) is 0 Å². The first-order chi connectivity index (χ1) is 9.18. The molecule has 0 aromatic rings. The molecule has 2 amide bonds. The highest BCUT2D eigenvalue weighted by Crippen LogP contribution is 2.23. The molecule has 0 radical (unpaired) electrons. The van der Waals surface area contributed by atoms with Gasteiger partial charge in [0, 0.05) is 25.7 Å². The standard InChI is InChI=1S/C15H28N2O2/c1-13(18)12-14-8-4-7-11-17(14)15(19)16-9-5-2-3-6-10-16/h13-14,18H,2-12H2,1H3. The van der Waals surface area contributed by atoms with E-state index in [9.17, 15) is 9.90 Å². The van der Waals surface area contributed by atoms with Crippen LogP contribution in [0.15, 0.2) is 0 Å². The van der Waals surface area contributed by atoms with Crippen LogP contribution in [0.25, 0.3) is 0 Å². The van der Waals surface area contributed by atoms with E-state index in [1.165, 1.54) is 19.3 Å². The number of aliphatic hydroxyl groups is 1. The molecule has 2 aliphatic rings. The van der Waals surface area contributed by atoms with Crippen molar-refractivity contribution in [3.63, 3.8) is 0 Å². The lowest BCUT2D eigenvalue weighted by Crippen LogP contribution is -2.51. The Morgan fingerprint density at radius 2 is 1.74 bits per heavy atom. The maximum atomic E-state index is 12.7. The Morgan fingerprint density at radius 1 is 1.11 bits per heavy atom. The van der Waals surface area contributed by atoms with Crippen molar-refractivity contribution in [3.8, 4) is 0 Å². The van der Waals surface area contributed by atoms with Crippen molar-refractivity contribution in [1.29, 1.82) is 0 Å². The lowest BCUT2D eigenvalue weighted by Gasteiger charge is -2.39. The number of carbonyl (C=O) groups is 1. The van der Waals surface area contributed by atoms with Crippen LogP contribution in [0, 0.1) is 0 Å². The Kier molecular flexibility index (Phi) is 5.49. The van der Waals surface area contributed by atoms with Crippen LogP contribution in [0.4, 0.5) is 4.79 Å². The van der Waals surface area contributed by atoms with E-state index in [2.05, 4.69) is 0 Å². The van der Waals surface area contributed by atoms with Crippen molar-refractivity contribution in [2.75, 3.05) is 19.6 Å². The molecule has 2 fully saturated rings. The van der Waals surface area contributed by atoms with E-state index in [0.29, 0.717) is 0 Å². The summed E-state index contributed by atoms with van der Waals surface area (Å²) in [5.41, 5.74) is 0. The number of nitrogens with zero attached hydrogens (tertiary/aromatic N) is 2. The highest BCUT2D eigenvalue weighted by molar-refractivity contribution is 5.75. The normalized spacial score (nSPS) is 26.9. The molecule has 110 valence electrons. The maximum absolute atomic E-state index is 12.7. The van der Waals surface area contributed by atoms with Gasteiger partial charge in [0.15, 0.2) is 0 Å². The Bertz CT molecular complexity index is 286. The Balaban J connectivity index is 1.97. The predicted octanol–water partition coefficient (Wildman–Crippen LogP) is 2.61. The molecule has 0 aromatic carbocycles. The molecular formula is C15H28N2O2. The molecule has 2 unspecified atom stereocenters. The number of hydrogen-bond acceptors (Lipinski definition) is 2. The molecule has 0 spiro atoms. The van der Waals surface area contributed by atoms with Crippen LogP contribution < -0.4 is 0 Å². The third-order valence-corrected chi connectivity index (χ3v) is 4.36. The van der Waals surface area contributed by atoms with E-state index in [0.717, 1.165) is 51.7 Å². The van der Waals surface area contributed by atoms with E-state index in [1.807, 2.05) is 16.7 Å². The number of likely N-dealkylation sites (tertiary alicyclic amines) is 2. The summed E-state index contributed by atoms with van der Waals surface area (Å²) in [5, 5.41) is 9.61. The average molecular weight is 268 g/mol. The molecule has 2 saturated heterocycles. The topological polar surface area (TPSA) is 43.8 Å². The van der Waals surface area contributed by atoms with Crippen LogP contribution in [0.5, 0.6) is 0 Å². The van der Waals surface area contributed by atoms with E-state index in [-0.39, 0.29) is 18.2 Å². The first-order valence-corrected chi connectivity index (χ1v) is 7.92. The Morgan fingerprint density at radius 3 is 2.37 bits per heavy atom. The van der Waals surface area contributed by atoms with E-state index >= 15 is 0 Å². The molecule has 1 N–H and O–H groups in total. The van der Waals surface area contributed by atoms with Gasteiger partial charge in [0.05, 0.1) is 6.10 Å².